The quantitative estimate of drug-likeness (QED) is 0.395. The summed E-state index contributed by atoms with van der Waals surface area (Å²) in [5.74, 6) is -12.4. The molecule has 3 nitrogen and oxygen atoms in total. The van der Waals surface area contributed by atoms with Gasteiger partial charge in [0, 0.05) is 5.92 Å². The molecular formula is C11H8F4O3. The predicted octanol–water partition coefficient (Wildman–Crippen LogP) is 2.78. The lowest BCUT2D eigenvalue weighted by molar-refractivity contribution is 0.0684. The lowest BCUT2D eigenvalue weighted by Crippen LogP contribution is -2.19. The van der Waals surface area contributed by atoms with Gasteiger partial charge in [0.05, 0.1) is 5.56 Å². The molecule has 18 heavy (non-hydrogen) atoms. The van der Waals surface area contributed by atoms with E-state index in [2.05, 4.69) is 0 Å². The molecule has 0 atom stereocenters. The molecule has 98 valence electrons. The van der Waals surface area contributed by atoms with Gasteiger partial charge in [0.2, 0.25) is 0 Å². The van der Waals surface area contributed by atoms with E-state index >= 15 is 0 Å². The summed E-state index contributed by atoms with van der Waals surface area (Å²) in [6.45, 7) is 2.56. The van der Waals surface area contributed by atoms with Crippen LogP contribution in [0.2, 0.25) is 0 Å². The first-order chi connectivity index (χ1) is 8.20. The zero-order valence-electron chi connectivity index (χ0n) is 9.35. The van der Waals surface area contributed by atoms with E-state index in [1.54, 1.807) is 0 Å². The number of aromatic carboxylic acids is 1. The Kier molecular flexibility index (Phi) is 3.73. The van der Waals surface area contributed by atoms with E-state index in [9.17, 15) is 27.2 Å². The third-order valence-electron chi connectivity index (χ3n) is 2.25. The Balaban J connectivity index is 3.73. The molecule has 0 saturated heterocycles. The fraction of sp³-hybridized carbons (Fsp3) is 0.273. The molecular weight excluding hydrogens is 256 g/mol. The van der Waals surface area contributed by atoms with Crippen LogP contribution in [0.15, 0.2) is 0 Å². The van der Waals surface area contributed by atoms with Crippen LogP contribution in [-0.2, 0) is 0 Å². The first kappa shape index (κ1) is 14.1. The van der Waals surface area contributed by atoms with E-state index in [1.165, 1.54) is 13.8 Å². The van der Waals surface area contributed by atoms with Crippen molar-refractivity contribution in [2.24, 2.45) is 5.92 Å². The number of carboxylic acid groups (broad SMARTS) is 1. The van der Waals surface area contributed by atoms with Crippen molar-refractivity contribution < 1.29 is 32.3 Å². The highest BCUT2D eigenvalue weighted by Crippen LogP contribution is 2.26. The molecule has 0 radical (unpaired) electrons. The Bertz CT molecular complexity index is 538. The van der Waals surface area contributed by atoms with E-state index in [0.717, 1.165) is 0 Å². The van der Waals surface area contributed by atoms with Gasteiger partial charge in [-0.2, -0.15) is 0 Å². The summed E-state index contributed by atoms with van der Waals surface area (Å²) >= 11 is 0. The van der Waals surface area contributed by atoms with Crippen molar-refractivity contribution in [1.29, 1.82) is 0 Å². The van der Waals surface area contributed by atoms with Crippen LogP contribution < -0.4 is 0 Å². The highest BCUT2D eigenvalue weighted by atomic mass is 19.2. The molecule has 0 heterocycles. The second kappa shape index (κ2) is 4.75. The largest absolute Gasteiger partial charge is 0.477 e. The van der Waals surface area contributed by atoms with Gasteiger partial charge in [-0.3, -0.25) is 4.79 Å². The van der Waals surface area contributed by atoms with Crippen molar-refractivity contribution in [2.75, 3.05) is 0 Å². The fourth-order valence-electron chi connectivity index (χ4n) is 1.33. The molecule has 0 aliphatic heterocycles. The van der Waals surface area contributed by atoms with E-state index < -0.39 is 52.1 Å². The highest BCUT2D eigenvalue weighted by Gasteiger charge is 2.32. The minimum absolute atomic E-state index is 0.902. The average Bonchev–Trinajstić information content (AvgIpc) is 2.25. The van der Waals surface area contributed by atoms with Crippen LogP contribution in [0.1, 0.15) is 34.6 Å². The summed E-state index contributed by atoms with van der Waals surface area (Å²) in [5.41, 5.74) is -3.06. The number of benzene rings is 1. The standard InChI is InChI=1S/C11H8F4O3/c1-3(2)10(16)4-6(12)5(11(17)18)8(14)9(15)7(4)13/h3H,1-2H3,(H,17,18). The smallest absolute Gasteiger partial charge is 0.341 e. The van der Waals surface area contributed by atoms with E-state index in [-0.39, 0.29) is 0 Å². The lowest BCUT2D eigenvalue weighted by Gasteiger charge is -2.10. The molecule has 1 rings (SSSR count). The van der Waals surface area contributed by atoms with Crippen LogP contribution in [0.4, 0.5) is 17.6 Å². The van der Waals surface area contributed by atoms with Crippen molar-refractivity contribution in [3.05, 3.63) is 34.4 Å². The van der Waals surface area contributed by atoms with Crippen molar-refractivity contribution in [3.8, 4) is 0 Å². The number of carbonyl (C=O) groups is 2. The van der Waals surface area contributed by atoms with Crippen molar-refractivity contribution in [1.82, 2.24) is 0 Å². The predicted molar refractivity (Wildman–Crippen MR) is 52.4 cm³/mol. The van der Waals surface area contributed by atoms with Crippen LogP contribution in [0, 0.1) is 29.2 Å². The van der Waals surface area contributed by atoms with Gasteiger partial charge in [-0.1, -0.05) is 13.8 Å². The van der Waals surface area contributed by atoms with Gasteiger partial charge in [0.15, 0.2) is 29.1 Å². The Labute approximate surface area is 99.0 Å². The normalized spacial score (nSPS) is 10.8. The maximum absolute atomic E-state index is 13.6. The number of carbonyl (C=O) groups excluding carboxylic acids is 1. The molecule has 0 saturated carbocycles. The number of carboxylic acids is 1. The van der Waals surface area contributed by atoms with E-state index in [0.29, 0.717) is 0 Å². The first-order valence-electron chi connectivity index (χ1n) is 4.83. The summed E-state index contributed by atoms with van der Waals surface area (Å²) in [4.78, 5) is 22.0. The second-order valence-electron chi connectivity index (χ2n) is 3.83. The van der Waals surface area contributed by atoms with Gasteiger partial charge >= 0.3 is 5.97 Å². The molecule has 1 aromatic rings. The molecule has 7 heteroatoms. The zero-order chi connectivity index (χ0) is 14.2. The summed E-state index contributed by atoms with van der Waals surface area (Å²) in [6, 6.07) is 0. The number of hydrogen-bond acceptors (Lipinski definition) is 2. The number of Topliss-reactive ketones (excluding diaryl/α,β-unsaturated/α-hetero) is 1. The minimum Gasteiger partial charge on any atom is -0.477 e. The maximum atomic E-state index is 13.6. The number of halogens is 4. The Morgan fingerprint density at radius 2 is 1.33 bits per heavy atom. The van der Waals surface area contributed by atoms with Gasteiger partial charge in [0.1, 0.15) is 5.56 Å². The Hall–Kier alpha value is -1.92. The highest BCUT2D eigenvalue weighted by molar-refractivity contribution is 6.00. The third-order valence-corrected chi connectivity index (χ3v) is 2.25. The average molecular weight is 264 g/mol. The summed E-state index contributed by atoms with van der Waals surface area (Å²) in [6.07, 6.45) is 0. The number of hydrogen-bond donors (Lipinski definition) is 1. The molecule has 0 aliphatic carbocycles. The molecule has 1 N–H and O–H groups in total. The van der Waals surface area contributed by atoms with Crippen LogP contribution in [0.5, 0.6) is 0 Å². The SMILES string of the molecule is CC(C)C(=O)c1c(F)c(F)c(F)c(C(=O)O)c1F. The summed E-state index contributed by atoms with van der Waals surface area (Å²) in [5, 5.41) is 8.53. The lowest BCUT2D eigenvalue weighted by atomic mass is 9.97. The van der Waals surface area contributed by atoms with Crippen LogP contribution >= 0.6 is 0 Å². The van der Waals surface area contributed by atoms with Gasteiger partial charge in [-0.15, -0.1) is 0 Å². The van der Waals surface area contributed by atoms with E-state index in [4.69, 9.17) is 5.11 Å². The molecule has 0 spiro atoms. The van der Waals surface area contributed by atoms with E-state index in [1.807, 2.05) is 0 Å². The number of rotatable bonds is 3. The Morgan fingerprint density at radius 3 is 1.72 bits per heavy atom. The zero-order valence-corrected chi connectivity index (χ0v) is 9.35. The molecule has 0 unspecified atom stereocenters. The van der Waals surface area contributed by atoms with Gasteiger partial charge in [0.25, 0.3) is 0 Å². The Morgan fingerprint density at radius 1 is 0.889 bits per heavy atom. The monoisotopic (exact) mass is 264 g/mol. The second-order valence-corrected chi connectivity index (χ2v) is 3.83. The number of ketones is 1. The van der Waals surface area contributed by atoms with Gasteiger partial charge in [-0.05, 0) is 0 Å². The fourth-order valence-corrected chi connectivity index (χ4v) is 1.33. The summed E-state index contributed by atoms with van der Waals surface area (Å²) < 4.78 is 53.1. The van der Waals surface area contributed by atoms with Crippen LogP contribution in [0.25, 0.3) is 0 Å². The molecule has 0 aliphatic rings. The molecule has 0 amide bonds. The van der Waals surface area contributed by atoms with Crippen LogP contribution in [-0.4, -0.2) is 16.9 Å². The molecule has 0 bridgehead atoms. The first-order valence-corrected chi connectivity index (χ1v) is 4.83. The molecule has 1 aromatic carbocycles. The maximum Gasteiger partial charge on any atom is 0.341 e. The summed E-state index contributed by atoms with van der Waals surface area (Å²) in [7, 11) is 0. The molecule has 0 fully saturated rings. The van der Waals surface area contributed by atoms with Gasteiger partial charge in [-0.25, -0.2) is 22.4 Å². The van der Waals surface area contributed by atoms with Crippen LogP contribution in [0.3, 0.4) is 0 Å². The van der Waals surface area contributed by atoms with Crippen molar-refractivity contribution in [2.45, 2.75) is 13.8 Å². The molecule has 0 aromatic heterocycles. The van der Waals surface area contributed by atoms with Crippen molar-refractivity contribution >= 4 is 11.8 Å². The minimum atomic E-state index is -2.18. The topological polar surface area (TPSA) is 54.4 Å². The van der Waals surface area contributed by atoms with Gasteiger partial charge < -0.3 is 5.11 Å². The third kappa shape index (κ3) is 2.07. The van der Waals surface area contributed by atoms with Crippen molar-refractivity contribution in [3.63, 3.8) is 0 Å².